The number of aromatic nitrogens is 2. The highest BCUT2D eigenvalue weighted by atomic mass is 35.5. The van der Waals surface area contributed by atoms with Crippen molar-refractivity contribution in [3.8, 4) is 11.5 Å². The fourth-order valence-electron chi connectivity index (χ4n) is 2.19. The van der Waals surface area contributed by atoms with Gasteiger partial charge >= 0.3 is 6.55 Å². The van der Waals surface area contributed by atoms with E-state index in [0.29, 0.717) is 16.1 Å². The lowest BCUT2D eigenvalue weighted by atomic mass is 10.1. The van der Waals surface area contributed by atoms with Crippen molar-refractivity contribution in [2.75, 3.05) is 21.3 Å². The fraction of sp³-hybridized carbons (Fsp3) is 0.333. The number of benzene rings is 1. The third-order valence-corrected chi connectivity index (χ3v) is 3.65. The van der Waals surface area contributed by atoms with Crippen LogP contribution in [-0.4, -0.2) is 41.6 Å². The van der Waals surface area contributed by atoms with E-state index in [2.05, 4.69) is 4.98 Å². The lowest BCUT2D eigenvalue weighted by Gasteiger charge is -2.19. The second kappa shape index (κ2) is 7.48. The van der Waals surface area contributed by atoms with Gasteiger partial charge in [0, 0.05) is 25.0 Å². The standard InChI is InChI=1S/C15H16ClF2N3O3/c1-20(8-12-19-4-5-21(12)15(17)18)14(22)9-6-10(16)13(24-3)11(7-9)23-2/h4-7,15H,8H2,1-3H3. The first-order valence-electron chi connectivity index (χ1n) is 6.85. The summed E-state index contributed by atoms with van der Waals surface area (Å²) in [6.45, 7) is -2.80. The molecule has 0 aliphatic carbocycles. The largest absolute Gasteiger partial charge is 0.493 e. The molecule has 2 aromatic rings. The molecule has 0 bridgehead atoms. The molecule has 24 heavy (non-hydrogen) atoms. The van der Waals surface area contributed by atoms with Crippen LogP contribution in [0.2, 0.25) is 5.02 Å². The monoisotopic (exact) mass is 359 g/mol. The number of amides is 1. The van der Waals surface area contributed by atoms with E-state index >= 15 is 0 Å². The van der Waals surface area contributed by atoms with Gasteiger partial charge in [0.1, 0.15) is 5.82 Å². The molecule has 130 valence electrons. The molecule has 1 heterocycles. The number of alkyl halides is 2. The summed E-state index contributed by atoms with van der Waals surface area (Å²) in [5, 5.41) is 0.211. The number of carbonyl (C=O) groups excluding carboxylic acids is 1. The van der Waals surface area contributed by atoms with Crippen molar-refractivity contribution in [3.63, 3.8) is 0 Å². The van der Waals surface area contributed by atoms with Crippen molar-refractivity contribution in [1.82, 2.24) is 14.5 Å². The molecule has 0 spiro atoms. The highest BCUT2D eigenvalue weighted by molar-refractivity contribution is 6.32. The van der Waals surface area contributed by atoms with Crippen LogP contribution in [-0.2, 0) is 6.54 Å². The van der Waals surface area contributed by atoms with Crippen LogP contribution < -0.4 is 9.47 Å². The summed E-state index contributed by atoms with van der Waals surface area (Å²) < 4.78 is 36.6. The Morgan fingerprint density at radius 2 is 2.08 bits per heavy atom. The van der Waals surface area contributed by atoms with E-state index < -0.39 is 12.5 Å². The van der Waals surface area contributed by atoms with Gasteiger partial charge in [-0.3, -0.25) is 9.36 Å². The Hall–Kier alpha value is -2.35. The molecule has 6 nitrogen and oxygen atoms in total. The molecule has 0 saturated heterocycles. The molecule has 0 aliphatic rings. The quantitative estimate of drug-likeness (QED) is 0.794. The molecule has 0 aliphatic heterocycles. The highest BCUT2D eigenvalue weighted by Crippen LogP contribution is 2.36. The summed E-state index contributed by atoms with van der Waals surface area (Å²) in [5.74, 6) is 0.275. The van der Waals surface area contributed by atoms with Gasteiger partial charge in [-0.25, -0.2) is 4.98 Å². The summed E-state index contributed by atoms with van der Waals surface area (Å²) in [6, 6.07) is 2.91. The Bertz CT molecular complexity index is 737. The Morgan fingerprint density at radius 1 is 1.38 bits per heavy atom. The molecule has 0 atom stereocenters. The van der Waals surface area contributed by atoms with Crippen LogP contribution in [0.4, 0.5) is 8.78 Å². The van der Waals surface area contributed by atoms with Gasteiger partial charge < -0.3 is 14.4 Å². The van der Waals surface area contributed by atoms with E-state index in [1.165, 1.54) is 44.5 Å². The van der Waals surface area contributed by atoms with Gasteiger partial charge in [-0.05, 0) is 12.1 Å². The summed E-state index contributed by atoms with van der Waals surface area (Å²) in [6.07, 6.45) is 2.42. The maximum atomic E-state index is 12.8. The molecule has 0 fully saturated rings. The van der Waals surface area contributed by atoms with Crippen molar-refractivity contribution in [3.05, 3.63) is 40.9 Å². The smallest absolute Gasteiger partial charge is 0.319 e. The van der Waals surface area contributed by atoms with E-state index in [4.69, 9.17) is 21.1 Å². The SMILES string of the molecule is COc1cc(C(=O)N(C)Cc2nccn2C(F)F)cc(Cl)c1OC. The molecule has 0 radical (unpaired) electrons. The van der Waals surface area contributed by atoms with E-state index in [-0.39, 0.29) is 23.0 Å². The Balaban J connectivity index is 2.25. The maximum Gasteiger partial charge on any atom is 0.319 e. The zero-order chi connectivity index (χ0) is 17.9. The van der Waals surface area contributed by atoms with Crippen molar-refractivity contribution < 1.29 is 23.0 Å². The van der Waals surface area contributed by atoms with Gasteiger partial charge in [-0.1, -0.05) is 11.6 Å². The van der Waals surface area contributed by atoms with Crippen LogP contribution in [0.15, 0.2) is 24.5 Å². The predicted molar refractivity (Wildman–Crippen MR) is 83.8 cm³/mol. The molecule has 1 amide bonds. The molecule has 0 N–H and O–H groups in total. The average molecular weight is 360 g/mol. The normalized spacial score (nSPS) is 10.8. The van der Waals surface area contributed by atoms with Crippen LogP contribution in [0, 0.1) is 0 Å². The van der Waals surface area contributed by atoms with E-state index in [1.807, 2.05) is 0 Å². The van der Waals surface area contributed by atoms with Crippen LogP contribution in [0.5, 0.6) is 11.5 Å². The third-order valence-electron chi connectivity index (χ3n) is 3.36. The zero-order valence-corrected chi connectivity index (χ0v) is 14.1. The number of ether oxygens (including phenoxy) is 2. The van der Waals surface area contributed by atoms with Crippen LogP contribution in [0.1, 0.15) is 22.7 Å². The summed E-state index contributed by atoms with van der Waals surface area (Å²) in [5.41, 5.74) is 0.246. The average Bonchev–Trinajstić information content (AvgIpc) is 3.01. The number of carbonyl (C=O) groups is 1. The van der Waals surface area contributed by atoms with Gasteiger partial charge in [-0.2, -0.15) is 8.78 Å². The predicted octanol–water partition coefficient (Wildman–Crippen LogP) is 3.22. The first-order chi connectivity index (χ1) is 11.4. The van der Waals surface area contributed by atoms with Gasteiger partial charge in [0.25, 0.3) is 5.91 Å². The molecule has 1 aromatic carbocycles. The minimum atomic E-state index is -2.72. The van der Waals surface area contributed by atoms with Gasteiger partial charge in [0.15, 0.2) is 11.5 Å². The van der Waals surface area contributed by atoms with Crippen LogP contribution >= 0.6 is 11.6 Å². The summed E-state index contributed by atoms with van der Waals surface area (Å²) in [4.78, 5) is 17.6. The van der Waals surface area contributed by atoms with Crippen LogP contribution in [0.25, 0.3) is 0 Å². The highest BCUT2D eigenvalue weighted by Gasteiger charge is 2.20. The maximum absolute atomic E-state index is 12.8. The number of methoxy groups -OCH3 is 2. The lowest BCUT2D eigenvalue weighted by molar-refractivity contribution is 0.0612. The minimum Gasteiger partial charge on any atom is -0.493 e. The topological polar surface area (TPSA) is 56.6 Å². The second-order valence-electron chi connectivity index (χ2n) is 4.88. The second-order valence-corrected chi connectivity index (χ2v) is 5.29. The number of hydrogen-bond donors (Lipinski definition) is 0. The molecular weight excluding hydrogens is 344 g/mol. The van der Waals surface area contributed by atoms with Crippen molar-refractivity contribution in [2.45, 2.75) is 13.1 Å². The van der Waals surface area contributed by atoms with Gasteiger partial charge in [0.2, 0.25) is 0 Å². The van der Waals surface area contributed by atoms with Crippen molar-refractivity contribution in [2.24, 2.45) is 0 Å². The number of rotatable bonds is 6. The summed E-state index contributed by atoms with van der Waals surface area (Å²) >= 11 is 6.08. The number of hydrogen-bond acceptors (Lipinski definition) is 4. The summed E-state index contributed by atoms with van der Waals surface area (Å²) in [7, 11) is 4.34. The Labute approximate surface area is 142 Å². The first kappa shape index (κ1) is 18.0. The lowest BCUT2D eigenvalue weighted by Crippen LogP contribution is -2.28. The molecule has 0 unspecified atom stereocenters. The molecule has 1 aromatic heterocycles. The van der Waals surface area contributed by atoms with E-state index in [9.17, 15) is 13.6 Å². The first-order valence-corrected chi connectivity index (χ1v) is 7.23. The fourth-order valence-corrected chi connectivity index (χ4v) is 2.48. The minimum absolute atomic E-state index is 0.0763. The molecular formula is C15H16ClF2N3O3. The third kappa shape index (κ3) is 3.59. The Morgan fingerprint density at radius 3 is 2.67 bits per heavy atom. The van der Waals surface area contributed by atoms with Gasteiger partial charge in [-0.15, -0.1) is 0 Å². The van der Waals surface area contributed by atoms with E-state index in [0.717, 1.165) is 6.20 Å². The van der Waals surface area contributed by atoms with E-state index in [1.54, 1.807) is 0 Å². The number of nitrogens with zero attached hydrogens (tertiary/aromatic N) is 3. The van der Waals surface area contributed by atoms with Crippen LogP contribution in [0.3, 0.4) is 0 Å². The zero-order valence-electron chi connectivity index (χ0n) is 13.3. The van der Waals surface area contributed by atoms with Crippen molar-refractivity contribution in [1.29, 1.82) is 0 Å². The molecule has 9 heteroatoms. The van der Waals surface area contributed by atoms with Gasteiger partial charge in [0.05, 0.1) is 25.8 Å². The molecule has 0 saturated carbocycles. The number of halogens is 3. The van der Waals surface area contributed by atoms with Crippen molar-refractivity contribution >= 4 is 17.5 Å². The Kier molecular flexibility index (Phi) is 5.61. The number of imidazole rings is 1. The molecule has 2 rings (SSSR count).